The summed E-state index contributed by atoms with van der Waals surface area (Å²) in [6.07, 6.45) is 2.67. The fourth-order valence-corrected chi connectivity index (χ4v) is 1.58. The first-order valence-corrected chi connectivity index (χ1v) is 6.14. The highest BCUT2D eigenvalue weighted by atomic mass is 16.5. The summed E-state index contributed by atoms with van der Waals surface area (Å²) in [5.41, 5.74) is 6.44. The summed E-state index contributed by atoms with van der Waals surface area (Å²) < 4.78 is 5.63. The zero-order valence-corrected chi connectivity index (χ0v) is 10.3. The van der Waals surface area contributed by atoms with Gasteiger partial charge in [-0.05, 0) is 44.0 Å². The predicted octanol–water partition coefficient (Wildman–Crippen LogP) is 2.39. The minimum Gasteiger partial charge on any atom is -0.490 e. The summed E-state index contributed by atoms with van der Waals surface area (Å²) in [6.45, 7) is 3.72. The molecule has 2 unspecified atom stereocenters. The maximum atomic E-state index is 12.0. The van der Waals surface area contributed by atoms with E-state index in [1.165, 1.54) is 0 Å². The van der Waals surface area contributed by atoms with Crippen molar-refractivity contribution < 1.29 is 9.53 Å². The van der Waals surface area contributed by atoms with Gasteiger partial charge in [0.25, 0.3) is 0 Å². The molecule has 0 radical (unpaired) electrons. The molecule has 0 saturated heterocycles. The van der Waals surface area contributed by atoms with E-state index >= 15 is 0 Å². The van der Waals surface area contributed by atoms with Crippen LogP contribution in [0.4, 0.5) is 0 Å². The molecule has 1 aliphatic carbocycles. The number of hydrogen-bond acceptors (Lipinski definition) is 3. The van der Waals surface area contributed by atoms with Gasteiger partial charge < -0.3 is 10.5 Å². The van der Waals surface area contributed by atoms with E-state index in [1.807, 2.05) is 38.1 Å². The van der Waals surface area contributed by atoms with Gasteiger partial charge in [-0.3, -0.25) is 4.79 Å². The number of carbonyl (C=O) groups is 1. The van der Waals surface area contributed by atoms with Gasteiger partial charge in [0, 0.05) is 17.5 Å². The maximum Gasteiger partial charge on any atom is 0.167 e. The van der Waals surface area contributed by atoms with Gasteiger partial charge in [0.05, 0.1) is 6.10 Å². The van der Waals surface area contributed by atoms with Crippen molar-refractivity contribution in [2.24, 2.45) is 11.7 Å². The van der Waals surface area contributed by atoms with Crippen molar-refractivity contribution in [1.29, 1.82) is 0 Å². The van der Waals surface area contributed by atoms with Crippen LogP contribution in [0.25, 0.3) is 0 Å². The Morgan fingerprint density at radius 2 is 1.88 bits per heavy atom. The van der Waals surface area contributed by atoms with E-state index in [-0.39, 0.29) is 17.7 Å². The molecule has 3 nitrogen and oxygen atoms in total. The van der Waals surface area contributed by atoms with Gasteiger partial charge in [0.2, 0.25) is 0 Å². The van der Waals surface area contributed by atoms with Gasteiger partial charge in [-0.25, -0.2) is 0 Å². The molecule has 2 rings (SSSR count). The van der Waals surface area contributed by atoms with Gasteiger partial charge >= 0.3 is 0 Å². The van der Waals surface area contributed by atoms with E-state index in [0.29, 0.717) is 11.7 Å². The second kappa shape index (κ2) is 4.88. The average Bonchev–Trinajstić information content (AvgIpc) is 3.12. The lowest BCUT2D eigenvalue weighted by atomic mass is 9.94. The summed E-state index contributed by atoms with van der Waals surface area (Å²) in [5, 5.41) is 0. The van der Waals surface area contributed by atoms with Crippen molar-refractivity contribution in [3.05, 3.63) is 29.8 Å². The van der Waals surface area contributed by atoms with E-state index in [1.54, 1.807) is 0 Å². The van der Waals surface area contributed by atoms with Crippen LogP contribution in [0.1, 0.15) is 37.0 Å². The maximum absolute atomic E-state index is 12.0. The van der Waals surface area contributed by atoms with E-state index < -0.39 is 0 Å². The van der Waals surface area contributed by atoms with Crippen LogP contribution in [-0.4, -0.2) is 17.9 Å². The third kappa shape index (κ3) is 3.07. The van der Waals surface area contributed by atoms with Gasteiger partial charge in [-0.15, -0.1) is 0 Å². The second-order valence-electron chi connectivity index (χ2n) is 4.85. The standard InChI is InChI=1S/C14H19NO2/c1-9(10(2)15)14(16)11-3-5-12(6-4-11)17-13-7-8-13/h3-6,9-10,13H,7-8,15H2,1-2H3. The first kappa shape index (κ1) is 12.1. The van der Waals surface area contributed by atoms with Crippen LogP contribution in [0.5, 0.6) is 5.75 Å². The smallest absolute Gasteiger partial charge is 0.167 e. The van der Waals surface area contributed by atoms with Crippen LogP contribution in [0.15, 0.2) is 24.3 Å². The third-order valence-electron chi connectivity index (χ3n) is 3.17. The molecule has 1 fully saturated rings. The van der Waals surface area contributed by atoms with Crippen molar-refractivity contribution in [1.82, 2.24) is 0 Å². The molecule has 0 spiro atoms. The highest BCUT2D eigenvalue weighted by Gasteiger charge is 2.23. The number of Topliss-reactive ketones (excluding diaryl/α,β-unsaturated/α-hetero) is 1. The number of ether oxygens (including phenoxy) is 1. The molecule has 2 atom stereocenters. The number of benzene rings is 1. The van der Waals surface area contributed by atoms with Crippen LogP contribution >= 0.6 is 0 Å². The quantitative estimate of drug-likeness (QED) is 0.794. The molecule has 0 bridgehead atoms. The lowest BCUT2D eigenvalue weighted by molar-refractivity contribution is 0.0917. The Hall–Kier alpha value is -1.35. The van der Waals surface area contributed by atoms with Gasteiger partial charge in [0.1, 0.15) is 5.75 Å². The first-order chi connectivity index (χ1) is 8.08. The molecule has 1 aromatic carbocycles. The zero-order valence-electron chi connectivity index (χ0n) is 10.3. The molecule has 1 aromatic rings. The van der Waals surface area contributed by atoms with E-state index in [0.717, 1.165) is 18.6 Å². The Balaban J connectivity index is 2.03. The van der Waals surface area contributed by atoms with E-state index in [2.05, 4.69) is 0 Å². The zero-order chi connectivity index (χ0) is 12.4. The molecule has 1 saturated carbocycles. The SMILES string of the molecule is CC(N)C(C)C(=O)c1ccc(OC2CC2)cc1. The molecule has 92 valence electrons. The van der Waals surface area contributed by atoms with Crippen molar-refractivity contribution >= 4 is 5.78 Å². The van der Waals surface area contributed by atoms with Crippen molar-refractivity contribution in [3.63, 3.8) is 0 Å². The Bertz CT molecular complexity index is 393. The highest BCUT2D eigenvalue weighted by Crippen LogP contribution is 2.27. The van der Waals surface area contributed by atoms with Crippen LogP contribution in [0.3, 0.4) is 0 Å². The van der Waals surface area contributed by atoms with Crippen molar-refractivity contribution in [3.8, 4) is 5.75 Å². The molecule has 0 heterocycles. The Morgan fingerprint density at radius 1 is 1.29 bits per heavy atom. The highest BCUT2D eigenvalue weighted by molar-refractivity contribution is 5.98. The number of hydrogen-bond donors (Lipinski definition) is 1. The molecule has 17 heavy (non-hydrogen) atoms. The lowest BCUT2D eigenvalue weighted by Gasteiger charge is -2.14. The topological polar surface area (TPSA) is 52.3 Å². The summed E-state index contributed by atoms with van der Waals surface area (Å²) >= 11 is 0. The van der Waals surface area contributed by atoms with E-state index in [9.17, 15) is 4.79 Å². The van der Waals surface area contributed by atoms with Crippen LogP contribution in [0.2, 0.25) is 0 Å². The van der Waals surface area contributed by atoms with E-state index in [4.69, 9.17) is 10.5 Å². The van der Waals surface area contributed by atoms with Crippen LogP contribution < -0.4 is 10.5 Å². The fourth-order valence-electron chi connectivity index (χ4n) is 1.58. The summed E-state index contributed by atoms with van der Waals surface area (Å²) in [6, 6.07) is 7.24. The average molecular weight is 233 g/mol. The van der Waals surface area contributed by atoms with Crippen LogP contribution in [-0.2, 0) is 0 Å². The number of nitrogens with two attached hydrogens (primary N) is 1. The molecule has 3 heteroatoms. The van der Waals surface area contributed by atoms with Gasteiger partial charge in [-0.1, -0.05) is 6.92 Å². The fraction of sp³-hybridized carbons (Fsp3) is 0.500. The molecular formula is C14H19NO2. The normalized spacial score (nSPS) is 18.5. The Labute approximate surface area is 102 Å². The number of carbonyl (C=O) groups excluding carboxylic acids is 1. The molecule has 0 aliphatic heterocycles. The number of ketones is 1. The lowest BCUT2D eigenvalue weighted by Crippen LogP contribution is -2.30. The molecule has 0 amide bonds. The minimum absolute atomic E-state index is 0.0953. The van der Waals surface area contributed by atoms with Gasteiger partial charge in [-0.2, -0.15) is 0 Å². The largest absolute Gasteiger partial charge is 0.490 e. The molecule has 1 aliphatic rings. The van der Waals surface area contributed by atoms with Gasteiger partial charge in [0.15, 0.2) is 5.78 Å². The molecular weight excluding hydrogens is 214 g/mol. The summed E-state index contributed by atoms with van der Waals surface area (Å²) in [5.74, 6) is 0.792. The van der Waals surface area contributed by atoms with Crippen molar-refractivity contribution in [2.45, 2.75) is 38.8 Å². The van der Waals surface area contributed by atoms with Crippen LogP contribution in [0, 0.1) is 5.92 Å². The second-order valence-corrected chi connectivity index (χ2v) is 4.85. The monoisotopic (exact) mass is 233 g/mol. The summed E-state index contributed by atoms with van der Waals surface area (Å²) in [7, 11) is 0. The minimum atomic E-state index is -0.148. The first-order valence-electron chi connectivity index (χ1n) is 6.14. The Kier molecular flexibility index (Phi) is 3.48. The molecule has 2 N–H and O–H groups in total. The van der Waals surface area contributed by atoms with Crippen molar-refractivity contribution in [2.75, 3.05) is 0 Å². The number of rotatable bonds is 5. The third-order valence-corrected chi connectivity index (χ3v) is 3.17. The Morgan fingerprint density at radius 3 is 2.35 bits per heavy atom. The predicted molar refractivity (Wildman–Crippen MR) is 67.2 cm³/mol. The molecule has 0 aromatic heterocycles. The summed E-state index contributed by atoms with van der Waals surface area (Å²) in [4.78, 5) is 12.0.